The van der Waals surface area contributed by atoms with Gasteiger partial charge >= 0.3 is 0 Å². The molecule has 0 N–H and O–H groups in total. The van der Waals surface area contributed by atoms with Crippen LogP contribution in [0.1, 0.15) is 23.3 Å². The molecule has 0 aliphatic carbocycles. The second-order valence-electron chi connectivity index (χ2n) is 5.64. The Hall–Kier alpha value is -1.72. The Morgan fingerprint density at radius 1 is 1.29 bits per heavy atom. The minimum Gasteiger partial charge on any atom is -0.379 e. The fourth-order valence-corrected chi connectivity index (χ4v) is 3.89. The summed E-state index contributed by atoms with van der Waals surface area (Å²) >= 11 is 1.52. The summed E-state index contributed by atoms with van der Waals surface area (Å²) in [7, 11) is 0. The van der Waals surface area contributed by atoms with Gasteiger partial charge in [-0.1, -0.05) is 30.3 Å². The van der Waals surface area contributed by atoms with E-state index >= 15 is 0 Å². The van der Waals surface area contributed by atoms with Crippen molar-refractivity contribution in [3.63, 3.8) is 0 Å². The van der Waals surface area contributed by atoms with Crippen molar-refractivity contribution in [2.75, 3.05) is 19.8 Å². The maximum atomic E-state index is 12.6. The number of likely N-dealkylation sites (tertiary alicyclic amines) is 1. The molecule has 5 heteroatoms. The van der Waals surface area contributed by atoms with Crippen molar-refractivity contribution < 1.29 is 9.53 Å². The van der Waals surface area contributed by atoms with Crippen molar-refractivity contribution in [2.45, 2.75) is 18.4 Å². The predicted octanol–water partition coefficient (Wildman–Crippen LogP) is 2.82. The lowest BCUT2D eigenvalue weighted by Crippen LogP contribution is -2.62. The lowest BCUT2D eigenvalue weighted by Gasteiger charge is -2.49. The molecule has 4 nitrogen and oxygen atoms in total. The number of nitrogens with zero attached hydrogens (tertiary/aromatic N) is 2. The molecule has 2 aromatic rings. The van der Waals surface area contributed by atoms with Gasteiger partial charge in [-0.3, -0.25) is 4.79 Å². The summed E-state index contributed by atoms with van der Waals surface area (Å²) in [5.41, 5.74) is 1.57. The van der Waals surface area contributed by atoms with E-state index in [9.17, 15) is 4.79 Å². The Balaban J connectivity index is 1.57. The van der Waals surface area contributed by atoms with Crippen LogP contribution in [0, 0.1) is 0 Å². The van der Waals surface area contributed by atoms with Crippen molar-refractivity contribution in [1.29, 1.82) is 0 Å². The molecule has 0 saturated carbocycles. The summed E-state index contributed by atoms with van der Waals surface area (Å²) < 4.78 is 5.48. The molecule has 1 spiro atoms. The van der Waals surface area contributed by atoms with Gasteiger partial charge in [-0.25, -0.2) is 4.98 Å². The maximum Gasteiger partial charge on any atom is 0.273 e. The van der Waals surface area contributed by atoms with E-state index in [0.29, 0.717) is 12.3 Å². The van der Waals surface area contributed by atoms with Crippen LogP contribution in [-0.4, -0.2) is 41.1 Å². The molecule has 108 valence electrons. The summed E-state index contributed by atoms with van der Waals surface area (Å²) in [6.45, 7) is 2.25. The van der Waals surface area contributed by atoms with Gasteiger partial charge in [0.1, 0.15) is 10.7 Å². The van der Waals surface area contributed by atoms with Gasteiger partial charge in [-0.05, 0) is 12.8 Å². The zero-order chi connectivity index (χ0) is 14.3. The molecular formula is C16H16N2O2S. The van der Waals surface area contributed by atoms with Gasteiger partial charge in [0.05, 0.1) is 12.1 Å². The third-order valence-corrected chi connectivity index (χ3v) is 5.34. The molecule has 1 aromatic heterocycles. The van der Waals surface area contributed by atoms with E-state index in [2.05, 4.69) is 4.98 Å². The van der Waals surface area contributed by atoms with Gasteiger partial charge in [-0.2, -0.15) is 0 Å². The van der Waals surface area contributed by atoms with Crippen LogP contribution >= 0.6 is 11.3 Å². The quantitative estimate of drug-likeness (QED) is 0.856. The average molecular weight is 300 g/mol. The zero-order valence-electron chi connectivity index (χ0n) is 11.6. The molecule has 2 aliphatic rings. The van der Waals surface area contributed by atoms with E-state index in [1.807, 2.05) is 40.6 Å². The molecule has 1 unspecified atom stereocenters. The summed E-state index contributed by atoms with van der Waals surface area (Å²) in [6.07, 6.45) is 2.00. The first-order valence-electron chi connectivity index (χ1n) is 7.19. The topological polar surface area (TPSA) is 42.4 Å². The highest BCUT2D eigenvalue weighted by Crippen LogP contribution is 2.39. The van der Waals surface area contributed by atoms with Crippen molar-refractivity contribution in [3.05, 3.63) is 41.4 Å². The van der Waals surface area contributed by atoms with Crippen LogP contribution in [0.5, 0.6) is 0 Å². The molecule has 0 bridgehead atoms. The van der Waals surface area contributed by atoms with Gasteiger partial charge in [0.2, 0.25) is 0 Å². The van der Waals surface area contributed by atoms with Crippen LogP contribution in [-0.2, 0) is 4.74 Å². The number of thiazole rings is 1. The number of amides is 1. The van der Waals surface area contributed by atoms with E-state index in [-0.39, 0.29) is 11.4 Å². The number of carbonyl (C=O) groups is 1. The Bertz CT molecular complexity index is 662. The number of carbonyl (C=O) groups excluding carboxylic acids is 1. The third kappa shape index (κ3) is 2.08. The minimum atomic E-state index is -0.0480. The number of benzene rings is 1. The second kappa shape index (κ2) is 4.93. The standard InChI is InChI=1S/C16H16N2O2S/c19-15(18-8-6-16(18)7-9-20-11-16)13-10-21-14(17-13)12-4-2-1-3-5-12/h1-5,10H,6-9,11H2. The van der Waals surface area contributed by atoms with E-state index < -0.39 is 0 Å². The molecule has 21 heavy (non-hydrogen) atoms. The molecule has 3 heterocycles. The molecule has 0 radical (unpaired) electrons. The van der Waals surface area contributed by atoms with E-state index in [4.69, 9.17) is 4.74 Å². The van der Waals surface area contributed by atoms with E-state index in [1.54, 1.807) is 0 Å². The van der Waals surface area contributed by atoms with Crippen LogP contribution in [0.25, 0.3) is 10.6 Å². The fourth-order valence-electron chi connectivity index (χ4n) is 3.09. The summed E-state index contributed by atoms with van der Waals surface area (Å²) in [5, 5.41) is 2.77. The van der Waals surface area contributed by atoms with Gasteiger partial charge in [0, 0.05) is 24.1 Å². The lowest BCUT2D eigenvalue weighted by molar-refractivity contribution is -0.00832. The number of ether oxygens (including phenoxy) is 1. The molecule has 4 rings (SSSR count). The van der Waals surface area contributed by atoms with Gasteiger partial charge in [0.15, 0.2) is 0 Å². The maximum absolute atomic E-state index is 12.6. The minimum absolute atomic E-state index is 0.0465. The van der Waals surface area contributed by atoms with E-state index in [0.717, 1.165) is 36.6 Å². The number of rotatable bonds is 2. The average Bonchev–Trinajstić information content (AvgIpc) is 3.18. The zero-order valence-corrected chi connectivity index (χ0v) is 12.4. The van der Waals surface area contributed by atoms with E-state index in [1.165, 1.54) is 11.3 Å². The molecule has 2 fully saturated rings. The Morgan fingerprint density at radius 2 is 2.14 bits per heavy atom. The number of hydrogen-bond donors (Lipinski definition) is 0. The Kier molecular flexibility index (Phi) is 3.05. The second-order valence-corrected chi connectivity index (χ2v) is 6.50. The monoisotopic (exact) mass is 300 g/mol. The lowest BCUT2D eigenvalue weighted by atomic mass is 9.83. The van der Waals surface area contributed by atoms with Crippen LogP contribution in [0.15, 0.2) is 35.7 Å². The molecular weight excluding hydrogens is 284 g/mol. The Labute approximate surface area is 127 Å². The van der Waals surface area contributed by atoms with Crippen molar-refractivity contribution in [3.8, 4) is 10.6 Å². The van der Waals surface area contributed by atoms with Crippen LogP contribution < -0.4 is 0 Å². The first-order chi connectivity index (χ1) is 10.3. The predicted molar refractivity (Wildman–Crippen MR) is 81.4 cm³/mol. The molecule has 2 aliphatic heterocycles. The largest absolute Gasteiger partial charge is 0.379 e. The highest BCUT2D eigenvalue weighted by molar-refractivity contribution is 7.13. The third-order valence-electron chi connectivity index (χ3n) is 4.45. The molecule has 2 saturated heterocycles. The first-order valence-corrected chi connectivity index (χ1v) is 8.07. The Morgan fingerprint density at radius 3 is 2.81 bits per heavy atom. The van der Waals surface area contributed by atoms with Crippen LogP contribution in [0.2, 0.25) is 0 Å². The van der Waals surface area contributed by atoms with Crippen molar-refractivity contribution >= 4 is 17.2 Å². The summed E-state index contributed by atoms with van der Waals surface area (Å²) in [4.78, 5) is 19.1. The van der Waals surface area contributed by atoms with Gasteiger partial charge in [-0.15, -0.1) is 11.3 Å². The highest BCUT2D eigenvalue weighted by atomic mass is 32.1. The normalized spacial score (nSPS) is 24.3. The van der Waals surface area contributed by atoms with Gasteiger partial charge < -0.3 is 9.64 Å². The first kappa shape index (κ1) is 13.0. The van der Waals surface area contributed by atoms with Crippen molar-refractivity contribution in [1.82, 2.24) is 9.88 Å². The van der Waals surface area contributed by atoms with Crippen molar-refractivity contribution in [2.24, 2.45) is 0 Å². The molecule has 1 atom stereocenters. The number of hydrogen-bond acceptors (Lipinski definition) is 4. The molecule has 1 aromatic carbocycles. The summed E-state index contributed by atoms with van der Waals surface area (Å²) in [5.74, 6) is 0.0465. The van der Waals surface area contributed by atoms with Crippen LogP contribution in [0.3, 0.4) is 0 Å². The van der Waals surface area contributed by atoms with Gasteiger partial charge in [0.25, 0.3) is 5.91 Å². The van der Waals surface area contributed by atoms with Crippen LogP contribution in [0.4, 0.5) is 0 Å². The number of aromatic nitrogens is 1. The smallest absolute Gasteiger partial charge is 0.273 e. The summed E-state index contributed by atoms with van der Waals surface area (Å²) in [6, 6.07) is 9.98. The molecule has 1 amide bonds. The SMILES string of the molecule is O=C(c1csc(-c2ccccc2)n1)N1CCC12CCOC2. The highest BCUT2D eigenvalue weighted by Gasteiger charge is 2.50. The fraction of sp³-hybridized carbons (Fsp3) is 0.375.